The Morgan fingerprint density at radius 2 is 1.18 bits per heavy atom. The first-order valence-corrected chi connectivity index (χ1v) is 11.5. The van der Waals surface area contributed by atoms with E-state index in [1.165, 1.54) is 0 Å². The van der Waals surface area contributed by atoms with Crippen molar-refractivity contribution >= 4 is 29.8 Å². The molecule has 1 fully saturated rings. The van der Waals surface area contributed by atoms with Gasteiger partial charge in [0.2, 0.25) is 0 Å². The van der Waals surface area contributed by atoms with Crippen LogP contribution in [-0.4, -0.2) is 27.0 Å². The van der Waals surface area contributed by atoms with Crippen LogP contribution in [0.25, 0.3) is 0 Å². The molecule has 1 aliphatic rings. The highest BCUT2D eigenvalue weighted by Gasteiger charge is 2.52. The molecule has 1 heterocycles. The van der Waals surface area contributed by atoms with E-state index in [2.05, 4.69) is 36.4 Å². The third kappa shape index (κ3) is 3.19. The van der Waals surface area contributed by atoms with Gasteiger partial charge in [-0.3, -0.25) is 0 Å². The third-order valence-electron chi connectivity index (χ3n) is 5.35. The summed E-state index contributed by atoms with van der Waals surface area (Å²) in [5, 5.41) is 3.34. The summed E-state index contributed by atoms with van der Waals surface area (Å²) in [6.45, 7) is 4.44. The molecule has 0 spiro atoms. The van der Waals surface area contributed by atoms with E-state index in [1.807, 2.05) is 68.4 Å². The first kappa shape index (κ1) is 18.7. The van der Waals surface area contributed by atoms with Crippen molar-refractivity contribution in [1.29, 1.82) is 0 Å². The fourth-order valence-electron chi connectivity index (χ4n) is 3.83. The number of benzene rings is 3. The molecule has 1 atom stereocenters. The lowest BCUT2D eigenvalue weighted by Gasteiger charge is -2.37. The quantitative estimate of drug-likeness (QED) is 0.383. The van der Waals surface area contributed by atoms with Crippen molar-refractivity contribution in [1.82, 2.24) is 0 Å². The molecule has 28 heavy (non-hydrogen) atoms. The second-order valence-corrected chi connectivity index (χ2v) is 11.2. The second-order valence-electron chi connectivity index (χ2n) is 7.87. The number of carbonyl (C=O) groups excluding carboxylic acids is 1. The maximum atomic E-state index is 12.6. The smallest absolute Gasteiger partial charge is 0.334 e. The summed E-state index contributed by atoms with van der Waals surface area (Å²) >= 11 is 0. The number of hydrogen-bond acceptors (Lipinski definition) is 3. The van der Waals surface area contributed by atoms with Crippen LogP contribution in [0.2, 0.25) is 0 Å². The van der Waals surface area contributed by atoms with Crippen LogP contribution in [0.5, 0.6) is 0 Å². The van der Waals surface area contributed by atoms with E-state index in [1.54, 1.807) is 0 Å². The van der Waals surface area contributed by atoms with Gasteiger partial charge in [-0.2, -0.15) is 0 Å². The normalized spacial score (nSPS) is 18.6. The first-order chi connectivity index (χ1) is 13.5. The van der Waals surface area contributed by atoms with Crippen LogP contribution >= 0.6 is 0 Å². The highest BCUT2D eigenvalue weighted by atomic mass is 28.4. The molecule has 142 valence electrons. The van der Waals surface area contributed by atoms with Crippen molar-refractivity contribution in [2.75, 3.05) is 6.61 Å². The summed E-state index contributed by atoms with van der Waals surface area (Å²) in [6, 6.07) is 30.9. The van der Waals surface area contributed by atoms with E-state index in [0.29, 0.717) is 6.61 Å². The summed E-state index contributed by atoms with van der Waals surface area (Å²) < 4.78 is 12.3. The van der Waals surface area contributed by atoms with Gasteiger partial charge in [-0.25, -0.2) is 4.79 Å². The van der Waals surface area contributed by atoms with Crippen molar-refractivity contribution in [3.63, 3.8) is 0 Å². The maximum absolute atomic E-state index is 12.6. The molecule has 0 aliphatic carbocycles. The molecule has 0 bridgehead atoms. The van der Waals surface area contributed by atoms with Gasteiger partial charge in [0.1, 0.15) is 0 Å². The van der Waals surface area contributed by atoms with E-state index in [0.717, 1.165) is 15.6 Å². The van der Waals surface area contributed by atoms with Crippen LogP contribution in [0.4, 0.5) is 0 Å². The molecule has 0 amide bonds. The van der Waals surface area contributed by atoms with E-state index in [-0.39, 0.29) is 11.4 Å². The fourth-order valence-corrected chi connectivity index (χ4v) is 8.00. The Hall–Kier alpha value is -2.69. The molecule has 3 aromatic carbocycles. The minimum atomic E-state index is -2.92. The van der Waals surface area contributed by atoms with Gasteiger partial charge in [0.15, 0.2) is 6.10 Å². The number of esters is 1. The Labute approximate surface area is 167 Å². The fraction of sp³-hybridized carbons (Fsp3) is 0.208. The van der Waals surface area contributed by atoms with E-state index in [4.69, 9.17) is 9.16 Å². The van der Waals surface area contributed by atoms with Gasteiger partial charge < -0.3 is 9.16 Å². The molecule has 0 aromatic heterocycles. The summed E-state index contributed by atoms with van der Waals surface area (Å²) in [5.41, 5.74) is -0.381. The molecular weight excluding hydrogens is 364 g/mol. The van der Waals surface area contributed by atoms with Gasteiger partial charge in [0.25, 0.3) is 8.32 Å². The number of cyclic esters (lactones) is 1. The van der Waals surface area contributed by atoms with Crippen LogP contribution in [0.1, 0.15) is 13.8 Å². The number of hydrogen-bond donors (Lipinski definition) is 0. The van der Waals surface area contributed by atoms with Crippen molar-refractivity contribution in [3.05, 3.63) is 91.0 Å². The Morgan fingerprint density at radius 3 is 1.50 bits per heavy atom. The van der Waals surface area contributed by atoms with Gasteiger partial charge in [0, 0.05) is 5.41 Å². The van der Waals surface area contributed by atoms with Gasteiger partial charge in [-0.05, 0) is 15.6 Å². The zero-order valence-corrected chi connectivity index (χ0v) is 17.2. The van der Waals surface area contributed by atoms with Gasteiger partial charge in [-0.1, -0.05) is 105 Å². The lowest BCUT2D eigenvalue weighted by molar-refractivity contribution is -0.144. The molecule has 0 N–H and O–H groups in total. The molecule has 1 saturated heterocycles. The molecule has 0 radical (unpaired) electrons. The van der Waals surface area contributed by atoms with Crippen molar-refractivity contribution in [3.8, 4) is 0 Å². The maximum Gasteiger partial charge on any atom is 0.334 e. The van der Waals surface area contributed by atoms with Gasteiger partial charge >= 0.3 is 5.97 Å². The lowest BCUT2D eigenvalue weighted by atomic mass is 9.90. The molecule has 1 aliphatic heterocycles. The summed E-state index contributed by atoms with van der Waals surface area (Å²) in [4.78, 5) is 12.6. The topological polar surface area (TPSA) is 35.5 Å². The Kier molecular flexibility index (Phi) is 4.92. The largest absolute Gasteiger partial charge is 0.463 e. The molecule has 3 nitrogen and oxygen atoms in total. The Bertz CT molecular complexity index is 843. The Balaban J connectivity index is 1.98. The second kappa shape index (κ2) is 7.38. The monoisotopic (exact) mass is 388 g/mol. The van der Waals surface area contributed by atoms with Gasteiger partial charge in [0.05, 0.1) is 6.61 Å². The van der Waals surface area contributed by atoms with E-state index >= 15 is 0 Å². The van der Waals surface area contributed by atoms with Crippen molar-refractivity contribution in [2.45, 2.75) is 20.0 Å². The average molecular weight is 389 g/mol. The number of carbonyl (C=O) groups is 1. The standard InChI is InChI=1S/C24H24O3Si/c1-24(2)18-26-23(25)22(24)27-28(19-12-6-3-7-13-19,20-14-8-4-9-15-20)21-16-10-5-11-17-21/h3-17,22H,18H2,1-2H3. The predicted octanol–water partition coefficient (Wildman–Crippen LogP) is 2.62. The molecule has 4 rings (SSSR count). The SMILES string of the molecule is CC1(C)COC(=O)C1O[Si](c1ccccc1)(c1ccccc1)c1ccccc1. The molecule has 4 heteroatoms. The molecule has 1 unspecified atom stereocenters. The summed E-state index contributed by atoms with van der Waals surface area (Å²) in [5.74, 6) is -0.273. The minimum Gasteiger partial charge on any atom is -0.463 e. The van der Waals surface area contributed by atoms with Crippen LogP contribution in [0, 0.1) is 5.41 Å². The van der Waals surface area contributed by atoms with E-state index < -0.39 is 14.4 Å². The molecule has 0 saturated carbocycles. The number of ether oxygens (including phenoxy) is 1. The lowest BCUT2D eigenvalue weighted by Crippen LogP contribution is -2.71. The highest BCUT2D eigenvalue weighted by molar-refractivity contribution is 7.07. The van der Waals surface area contributed by atoms with Crippen molar-refractivity contribution < 1.29 is 14.0 Å². The molecular formula is C24H24O3Si. The van der Waals surface area contributed by atoms with Crippen LogP contribution < -0.4 is 15.6 Å². The van der Waals surface area contributed by atoms with Gasteiger partial charge in [-0.15, -0.1) is 0 Å². The average Bonchev–Trinajstić information content (AvgIpc) is 3.00. The predicted molar refractivity (Wildman–Crippen MR) is 114 cm³/mol. The number of rotatable bonds is 5. The van der Waals surface area contributed by atoms with Crippen molar-refractivity contribution in [2.24, 2.45) is 5.41 Å². The minimum absolute atomic E-state index is 0.273. The third-order valence-corrected chi connectivity index (χ3v) is 9.37. The van der Waals surface area contributed by atoms with Crippen LogP contribution in [0.15, 0.2) is 91.0 Å². The summed E-state index contributed by atoms with van der Waals surface area (Å²) in [7, 11) is -2.92. The molecule has 3 aromatic rings. The van der Waals surface area contributed by atoms with E-state index in [9.17, 15) is 4.79 Å². The highest BCUT2D eigenvalue weighted by Crippen LogP contribution is 2.33. The zero-order valence-electron chi connectivity index (χ0n) is 16.2. The zero-order chi connectivity index (χ0) is 19.6. The van der Waals surface area contributed by atoms with Crippen LogP contribution in [0.3, 0.4) is 0 Å². The Morgan fingerprint density at radius 1 is 0.786 bits per heavy atom. The first-order valence-electron chi connectivity index (χ1n) is 9.55. The summed E-state index contributed by atoms with van der Waals surface area (Å²) in [6.07, 6.45) is -0.611. The van der Waals surface area contributed by atoms with Crippen LogP contribution in [-0.2, 0) is 14.0 Å².